The molecule has 20 heavy (non-hydrogen) atoms. The zero-order chi connectivity index (χ0) is 14.0. The van der Waals surface area contributed by atoms with Gasteiger partial charge in [-0.25, -0.2) is 8.42 Å². The predicted molar refractivity (Wildman–Crippen MR) is 75.1 cm³/mol. The number of fused-ring (bicyclic) bond motifs is 1. The van der Waals surface area contributed by atoms with Crippen LogP contribution in [-0.2, 0) is 9.84 Å². The van der Waals surface area contributed by atoms with Crippen LogP contribution in [0.1, 0.15) is 12.8 Å². The van der Waals surface area contributed by atoms with Gasteiger partial charge in [0.25, 0.3) is 0 Å². The fourth-order valence-corrected chi connectivity index (χ4v) is 4.38. The molecule has 6 heteroatoms. The highest BCUT2D eigenvalue weighted by Crippen LogP contribution is 2.33. The Morgan fingerprint density at radius 3 is 2.55 bits per heavy atom. The number of rotatable bonds is 3. The molecule has 0 bridgehead atoms. The van der Waals surface area contributed by atoms with Crippen molar-refractivity contribution in [2.75, 3.05) is 32.1 Å². The summed E-state index contributed by atoms with van der Waals surface area (Å²) >= 11 is 0. The standard InChI is InChI=1S/C14H19NO4S/c16-20(17,10-11-3-5-15-6-4-11)12-1-2-13-14(9-12)19-8-7-18-13/h1-2,9,11,15H,3-8,10H2. The highest BCUT2D eigenvalue weighted by atomic mass is 32.2. The SMILES string of the molecule is O=S(=O)(CC1CCNCC1)c1ccc2c(c1)OCCO2. The van der Waals surface area contributed by atoms with Crippen LogP contribution in [0, 0.1) is 5.92 Å². The van der Waals surface area contributed by atoms with E-state index in [9.17, 15) is 8.42 Å². The van der Waals surface area contributed by atoms with Crippen molar-refractivity contribution in [3.05, 3.63) is 18.2 Å². The lowest BCUT2D eigenvalue weighted by Gasteiger charge is -2.23. The molecule has 1 saturated heterocycles. The molecule has 0 aromatic heterocycles. The van der Waals surface area contributed by atoms with E-state index in [1.54, 1.807) is 18.2 Å². The first kappa shape index (κ1) is 13.7. The molecule has 0 atom stereocenters. The Bertz CT molecular complexity index is 579. The maximum absolute atomic E-state index is 12.5. The van der Waals surface area contributed by atoms with Crippen molar-refractivity contribution >= 4 is 9.84 Å². The quantitative estimate of drug-likeness (QED) is 0.909. The monoisotopic (exact) mass is 297 g/mol. The first-order chi connectivity index (χ1) is 9.65. The molecular formula is C14H19NO4S. The van der Waals surface area contributed by atoms with E-state index in [1.807, 2.05) is 0 Å². The molecule has 2 aliphatic heterocycles. The smallest absolute Gasteiger partial charge is 0.178 e. The van der Waals surface area contributed by atoms with Crippen LogP contribution in [0.25, 0.3) is 0 Å². The third-order valence-electron chi connectivity index (χ3n) is 3.79. The normalized spacial score (nSPS) is 19.8. The van der Waals surface area contributed by atoms with Crippen molar-refractivity contribution in [1.82, 2.24) is 5.32 Å². The summed E-state index contributed by atoms with van der Waals surface area (Å²) in [5, 5.41) is 3.25. The van der Waals surface area contributed by atoms with Crippen molar-refractivity contribution in [2.45, 2.75) is 17.7 Å². The fourth-order valence-electron chi connectivity index (χ4n) is 2.67. The Morgan fingerprint density at radius 1 is 1.10 bits per heavy atom. The van der Waals surface area contributed by atoms with Crippen molar-refractivity contribution in [2.24, 2.45) is 5.92 Å². The molecule has 1 aromatic rings. The minimum Gasteiger partial charge on any atom is -0.486 e. The number of ether oxygens (including phenoxy) is 2. The van der Waals surface area contributed by atoms with E-state index in [2.05, 4.69) is 5.32 Å². The van der Waals surface area contributed by atoms with E-state index in [0.29, 0.717) is 29.6 Å². The highest BCUT2D eigenvalue weighted by molar-refractivity contribution is 7.91. The zero-order valence-electron chi connectivity index (χ0n) is 11.3. The Hall–Kier alpha value is -1.27. The van der Waals surface area contributed by atoms with Crippen LogP contribution in [0.4, 0.5) is 0 Å². The molecule has 0 unspecified atom stereocenters. The van der Waals surface area contributed by atoms with Crippen molar-refractivity contribution in [1.29, 1.82) is 0 Å². The molecule has 0 aliphatic carbocycles. The molecule has 0 radical (unpaired) electrons. The molecule has 0 saturated carbocycles. The van der Waals surface area contributed by atoms with E-state index < -0.39 is 9.84 Å². The molecule has 2 heterocycles. The summed E-state index contributed by atoms with van der Waals surface area (Å²) in [6, 6.07) is 4.89. The van der Waals surface area contributed by atoms with Gasteiger partial charge in [0, 0.05) is 6.07 Å². The van der Waals surface area contributed by atoms with Crippen molar-refractivity contribution in [3.8, 4) is 11.5 Å². The summed E-state index contributed by atoms with van der Waals surface area (Å²) in [6.45, 7) is 2.78. The molecule has 1 aromatic carbocycles. The van der Waals surface area contributed by atoms with Crippen molar-refractivity contribution < 1.29 is 17.9 Å². The third kappa shape index (κ3) is 2.91. The summed E-state index contributed by atoms with van der Waals surface area (Å²) in [6.07, 6.45) is 1.84. The van der Waals surface area contributed by atoms with E-state index in [-0.39, 0.29) is 11.7 Å². The van der Waals surface area contributed by atoms with Gasteiger partial charge in [-0.3, -0.25) is 0 Å². The highest BCUT2D eigenvalue weighted by Gasteiger charge is 2.24. The van der Waals surface area contributed by atoms with Gasteiger partial charge >= 0.3 is 0 Å². The number of benzene rings is 1. The molecule has 5 nitrogen and oxygen atoms in total. The lowest BCUT2D eigenvalue weighted by molar-refractivity contribution is 0.171. The van der Waals surface area contributed by atoms with Gasteiger partial charge in [-0.15, -0.1) is 0 Å². The fraction of sp³-hybridized carbons (Fsp3) is 0.571. The van der Waals surface area contributed by atoms with E-state index in [0.717, 1.165) is 25.9 Å². The van der Waals surface area contributed by atoms with Gasteiger partial charge in [0.15, 0.2) is 21.3 Å². The summed E-state index contributed by atoms with van der Waals surface area (Å²) in [7, 11) is -3.26. The van der Waals surface area contributed by atoms with Crippen LogP contribution in [0.15, 0.2) is 23.1 Å². The Kier molecular flexibility index (Phi) is 3.85. The number of sulfone groups is 1. The summed E-state index contributed by atoms with van der Waals surface area (Å²) in [4.78, 5) is 0.334. The minimum absolute atomic E-state index is 0.217. The zero-order valence-corrected chi connectivity index (χ0v) is 12.1. The van der Waals surface area contributed by atoms with Gasteiger partial charge < -0.3 is 14.8 Å². The molecule has 3 rings (SSSR count). The second-order valence-corrected chi connectivity index (χ2v) is 7.31. The average molecular weight is 297 g/mol. The summed E-state index contributed by atoms with van der Waals surface area (Å²) < 4.78 is 35.8. The third-order valence-corrected chi connectivity index (χ3v) is 5.67. The summed E-state index contributed by atoms with van der Waals surface area (Å²) in [5.74, 6) is 1.61. The second kappa shape index (κ2) is 5.61. The van der Waals surface area contributed by atoms with Gasteiger partial charge in [0.2, 0.25) is 0 Å². The van der Waals surface area contributed by atoms with E-state index >= 15 is 0 Å². The van der Waals surface area contributed by atoms with Crippen LogP contribution in [0.2, 0.25) is 0 Å². The Labute approximate surface area is 119 Å². The maximum Gasteiger partial charge on any atom is 0.178 e. The van der Waals surface area contributed by atoms with E-state index in [4.69, 9.17) is 9.47 Å². The van der Waals surface area contributed by atoms with Crippen LogP contribution >= 0.6 is 0 Å². The van der Waals surface area contributed by atoms with Gasteiger partial charge in [-0.05, 0) is 44.0 Å². The Morgan fingerprint density at radius 2 is 1.80 bits per heavy atom. The lowest BCUT2D eigenvalue weighted by atomic mass is 10.0. The number of nitrogens with one attached hydrogen (secondary N) is 1. The van der Waals surface area contributed by atoms with Crippen LogP contribution in [0.5, 0.6) is 11.5 Å². The lowest BCUT2D eigenvalue weighted by Crippen LogP contribution is -2.31. The van der Waals surface area contributed by atoms with Crippen molar-refractivity contribution in [3.63, 3.8) is 0 Å². The summed E-state index contributed by atoms with van der Waals surface area (Å²) in [5.41, 5.74) is 0. The molecule has 0 amide bonds. The molecule has 1 fully saturated rings. The topological polar surface area (TPSA) is 64.6 Å². The molecule has 110 valence electrons. The Balaban J connectivity index is 1.79. The minimum atomic E-state index is -3.26. The van der Waals surface area contributed by atoms with Gasteiger partial charge in [0.1, 0.15) is 13.2 Å². The average Bonchev–Trinajstić information content (AvgIpc) is 2.47. The first-order valence-electron chi connectivity index (χ1n) is 6.98. The van der Waals surface area contributed by atoms with Gasteiger partial charge in [0.05, 0.1) is 10.6 Å². The molecule has 2 aliphatic rings. The van der Waals surface area contributed by atoms with Gasteiger partial charge in [-0.2, -0.15) is 0 Å². The van der Waals surface area contributed by atoms with Crippen LogP contribution in [-0.4, -0.2) is 40.5 Å². The number of hydrogen-bond donors (Lipinski definition) is 1. The molecule has 1 N–H and O–H groups in total. The molecular weight excluding hydrogens is 278 g/mol. The maximum atomic E-state index is 12.5. The largest absolute Gasteiger partial charge is 0.486 e. The van der Waals surface area contributed by atoms with E-state index in [1.165, 1.54) is 0 Å². The first-order valence-corrected chi connectivity index (χ1v) is 8.63. The number of hydrogen-bond acceptors (Lipinski definition) is 5. The van der Waals surface area contributed by atoms with Crippen LogP contribution < -0.4 is 14.8 Å². The second-order valence-electron chi connectivity index (χ2n) is 5.28. The van der Waals surface area contributed by atoms with Gasteiger partial charge in [-0.1, -0.05) is 0 Å². The number of piperidine rings is 1. The van der Waals surface area contributed by atoms with Crippen LogP contribution in [0.3, 0.4) is 0 Å². The molecule has 0 spiro atoms. The predicted octanol–water partition coefficient (Wildman–Crippen LogP) is 1.23.